The zero-order valence-electron chi connectivity index (χ0n) is 25.0. The van der Waals surface area contributed by atoms with Crippen molar-refractivity contribution in [3.8, 4) is 11.3 Å². The largest absolute Gasteiger partial charge is 0.444 e. The minimum absolute atomic E-state index is 0.00725. The molecule has 0 aliphatic carbocycles. The highest BCUT2D eigenvalue weighted by molar-refractivity contribution is 5.88. The summed E-state index contributed by atoms with van der Waals surface area (Å²) in [5, 5.41) is 3.20. The number of ether oxygens (including phenoxy) is 1. The number of halogens is 3. The van der Waals surface area contributed by atoms with Crippen LogP contribution in [-0.4, -0.2) is 62.7 Å². The summed E-state index contributed by atoms with van der Waals surface area (Å²) in [4.78, 5) is 33.1. The molecule has 5 rings (SSSR count). The molecule has 1 N–H and O–H groups in total. The van der Waals surface area contributed by atoms with E-state index in [1.54, 1.807) is 30.2 Å². The van der Waals surface area contributed by atoms with Gasteiger partial charge < -0.3 is 19.9 Å². The van der Waals surface area contributed by atoms with Gasteiger partial charge >= 0.3 is 6.09 Å². The van der Waals surface area contributed by atoms with Crippen LogP contribution in [0.25, 0.3) is 22.2 Å². The van der Waals surface area contributed by atoms with Crippen molar-refractivity contribution >= 4 is 34.4 Å². The topological polar surface area (TPSA) is 96.4 Å². The molecule has 4 aromatic rings. The zero-order chi connectivity index (χ0) is 31.1. The summed E-state index contributed by atoms with van der Waals surface area (Å²) in [6.07, 6.45) is 2.34. The predicted octanol–water partition coefficient (Wildman–Crippen LogP) is 6.68. The number of alkyl halides is 1. The number of aromatic nitrogens is 4. The molecule has 9 nitrogen and oxygen atoms in total. The molecule has 226 valence electrons. The van der Waals surface area contributed by atoms with Crippen LogP contribution in [0.15, 0.2) is 42.7 Å². The Kier molecular flexibility index (Phi) is 7.89. The number of pyridine rings is 2. The highest BCUT2D eigenvalue weighted by atomic mass is 19.1. The number of amides is 1. The normalized spacial score (nSPS) is 14.3. The van der Waals surface area contributed by atoms with Gasteiger partial charge in [-0.25, -0.2) is 32.9 Å². The Morgan fingerprint density at radius 2 is 1.65 bits per heavy atom. The van der Waals surface area contributed by atoms with Gasteiger partial charge in [0, 0.05) is 42.8 Å². The minimum atomic E-state index is -1.78. The van der Waals surface area contributed by atoms with Crippen molar-refractivity contribution in [1.29, 1.82) is 0 Å². The predicted molar refractivity (Wildman–Crippen MR) is 159 cm³/mol. The molecule has 4 heterocycles. The van der Waals surface area contributed by atoms with Crippen molar-refractivity contribution in [3.63, 3.8) is 0 Å². The molecule has 0 atom stereocenters. The maximum atomic E-state index is 15.2. The van der Waals surface area contributed by atoms with Crippen molar-refractivity contribution in [2.45, 2.75) is 52.8 Å². The maximum absolute atomic E-state index is 15.2. The van der Waals surface area contributed by atoms with E-state index >= 15 is 8.78 Å². The maximum Gasteiger partial charge on any atom is 0.410 e. The van der Waals surface area contributed by atoms with Crippen LogP contribution in [-0.2, 0) is 10.4 Å². The minimum Gasteiger partial charge on any atom is -0.444 e. The second-order valence-corrected chi connectivity index (χ2v) is 12.0. The molecule has 3 aromatic heterocycles. The van der Waals surface area contributed by atoms with Crippen LogP contribution in [0.5, 0.6) is 0 Å². The number of nitrogens with one attached hydrogen (secondary N) is 1. The van der Waals surface area contributed by atoms with E-state index in [0.29, 0.717) is 37.7 Å². The molecule has 0 radical (unpaired) electrons. The van der Waals surface area contributed by atoms with E-state index in [0.717, 1.165) is 18.0 Å². The molecule has 0 unspecified atom stereocenters. The number of carbonyl (C=O) groups is 1. The molecular weight excluding hydrogens is 559 g/mol. The van der Waals surface area contributed by atoms with Crippen molar-refractivity contribution in [2.75, 3.05) is 36.4 Å². The molecule has 12 heteroatoms. The second kappa shape index (κ2) is 11.3. The van der Waals surface area contributed by atoms with Gasteiger partial charge in [0.25, 0.3) is 0 Å². The number of benzene rings is 1. The highest BCUT2D eigenvalue weighted by Gasteiger charge is 2.27. The lowest BCUT2D eigenvalue weighted by Gasteiger charge is -2.36. The Morgan fingerprint density at radius 1 is 0.930 bits per heavy atom. The quantitative estimate of drug-likeness (QED) is 0.274. The van der Waals surface area contributed by atoms with Gasteiger partial charge in [0.15, 0.2) is 5.82 Å². The van der Waals surface area contributed by atoms with Crippen molar-refractivity contribution < 1.29 is 22.7 Å². The van der Waals surface area contributed by atoms with Gasteiger partial charge in [-0.1, -0.05) is 0 Å². The van der Waals surface area contributed by atoms with Crippen LogP contribution in [0.4, 0.5) is 35.4 Å². The molecule has 1 aliphatic rings. The van der Waals surface area contributed by atoms with Crippen molar-refractivity contribution in [3.05, 3.63) is 65.6 Å². The molecule has 1 aromatic carbocycles. The number of anilines is 3. The van der Waals surface area contributed by atoms with Gasteiger partial charge in [0.05, 0.1) is 18.1 Å². The first-order valence-electron chi connectivity index (χ1n) is 14.0. The van der Waals surface area contributed by atoms with E-state index in [2.05, 4.69) is 30.2 Å². The smallest absolute Gasteiger partial charge is 0.410 e. The number of aryl methyl sites for hydroxylation is 1. The SMILES string of the molecule is Cc1cc(C(C)(C)F)c2cc(-c3nc(Nc4ccc(N5CCN(C(=O)OC(C)(C)C)CC5)cn4)ncc3F)cc(F)c2n1. The molecule has 1 aliphatic heterocycles. The Hall–Kier alpha value is -4.48. The zero-order valence-corrected chi connectivity index (χ0v) is 25.0. The monoisotopic (exact) mass is 593 g/mol. The molecule has 0 bridgehead atoms. The van der Waals surface area contributed by atoms with Gasteiger partial charge in [-0.3, -0.25) is 4.98 Å². The Morgan fingerprint density at radius 3 is 2.28 bits per heavy atom. The Labute approximate surface area is 248 Å². The molecule has 43 heavy (non-hydrogen) atoms. The van der Waals surface area contributed by atoms with Crippen LogP contribution >= 0.6 is 0 Å². The lowest BCUT2D eigenvalue weighted by molar-refractivity contribution is 0.0240. The molecular formula is C31H34F3N7O2. The van der Waals surface area contributed by atoms with Gasteiger partial charge in [-0.2, -0.15) is 0 Å². The molecule has 0 spiro atoms. The van der Waals surface area contributed by atoms with E-state index in [1.807, 2.05) is 26.8 Å². The number of piperazine rings is 1. The second-order valence-electron chi connectivity index (χ2n) is 12.0. The van der Waals surface area contributed by atoms with E-state index < -0.39 is 22.9 Å². The summed E-state index contributed by atoms with van der Waals surface area (Å²) in [7, 11) is 0. The number of carbonyl (C=O) groups excluding carboxylic acids is 1. The fraction of sp³-hybridized carbons (Fsp3) is 0.387. The molecule has 0 saturated carbocycles. The number of rotatable bonds is 5. The van der Waals surface area contributed by atoms with Crippen LogP contribution < -0.4 is 10.2 Å². The summed E-state index contributed by atoms with van der Waals surface area (Å²) in [6.45, 7) is 12.2. The highest BCUT2D eigenvalue weighted by Crippen LogP contribution is 2.35. The van der Waals surface area contributed by atoms with Crippen molar-refractivity contribution in [2.24, 2.45) is 0 Å². The van der Waals surface area contributed by atoms with Crippen LogP contribution in [0.2, 0.25) is 0 Å². The Bertz CT molecular complexity index is 1660. The molecule has 1 fully saturated rings. The summed E-state index contributed by atoms with van der Waals surface area (Å²) >= 11 is 0. The fourth-order valence-corrected chi connectivity index (χ4v) is 4.91. The van der Waals surface area contributed by atoms with Gasteiger partial charge in [-0.15, -0.1) is 0 Å². The van der Waals surface area contributed by atoms with Gasteiger partial charge in [0.2, 0.25) is 5.95 Å². The lowest BCUT2D eigenvalue weighted by Crippen LogP contribution is -2.50. The first kappa shape index (κ1) is 30.0. The van der Waals surface area contributed by atoms with E-state index in [9.17, 15) is 9.18 Å². The summed E-state index contributed by atoms with van der Waals surface area (Å²) in [5.74, 6) is -1.01. The average molecular weight is 594 g/mol. The van der Waals surface area contributed by atoms with Crippen LogP contribution in [0.1, 0.15) is 45.9 Å². The number of hydrogen-bond acceptors (Lipinski definition) is 8. The van der Waals surface area contributed by atoms with Crippen LogP contribution in [0, 0.1) is 18.6 Å². The average Bonchev–Trinajstić information content (AvgIpc) is 2.93. The van der Waals surface area contributed by atoms with Gasteiger partial charge in [-0.05, 0) is 77.4 Å². The van der Waals surface area contributed by atoms with Crippen LogP contribution in [0.3, 0.4) is 0 Å². The summed E-state index contributed by atoms with van der Waals surface area (Å²) in [5.41, 5.74) is -0.754. The third kappa shape index (κ3) is 6.79. The first-order valence-corrected chi connectivity index (χ1v) is 14.0. The standard InChI is InChI=1S/C31H34F3N7O2/c1-18-13-22(31(5,6)34)21-14-19(15-23(32)27(21)37-18)26-24(33)17-36-28(39-26)38-25-8-7-20(16-35-25)40-9-11-41(12-10-40)29(42)43-30(2,3)4/h7-8,13-17H,9-12H2,1-6H3,(H,35,36,38,39). The molecule has 1 amide bonds. The van der Waals surface area contributed by atoms with E-state index in [-0.39, 0.29) is 39.8 Å². The van der Waals surface area contributed by atoms with Gasteiger partial charge in [0.1, 0.15) is 34.1 Å². The summed E-state index contributed by atoms with van der Waals surface area (Å²) in [6, 6.07) is 7.80. The third-order valence-corrected chi connectivity index (χ3v) is 6.94. The third-order valence-electron chi connectivity index (χ3n) is 6.94. The number of nitrogens with zero attached hydrogens (tertiary/aromatic N) is 6. The summed E-state index contributed by atoms with van der Waals surface area (Å²) < 4.78 is 50.6. The Balaban J connectivity index is 1.33. The molecule has 1 saturated heterocycles. The number of hydrogen-bond donors (Lipinski definition) is 1. The van der Waals surface area contributed by atoms with E-state index in [1.165, 1.54) is 19.9 Å². The fourth-order valence-electron chi connectivity index (χ4n) is 4.91. The van der Waals surface area contributed by atoms with E-state index in [4.69, 9.17) is 4.74 Å². The lowest BCUT2D eigenvalue weighted by atomic mass is 9.93. The first-order chi connectivity index (χ1) is 20.2. The number of fused-ring (bicyclic) bond motifs is 1. The van der Waals surface area contributed by atoms with Crippen molar-refractivity contribution in [1.82, 2.24) is 24.8 Å².